The second-order valence-corrected chi connectivity index (χ2v) is 4.85. The molecule has 1 aromatic rings. The van der Waals surface area contributed by atoms with Gasteiger partial charge in [0, 0.05) is 17.9 Å². The summed E-state index contributed by atoms with van der Waals surface area (Å²) in [5.41, 5.74) is -0.0561. The zero-order valence-electron chi connectivity index (χ0n) is 9.60. The first kappa shape index (κ1) is 11.2. The molecule has 1 aliphatic carbocycles. The zero-order chi connectivity index (χ0) is 12.9. The number of carbonyl (C=O) groups is 2. The van der Waals surface area contributed by atoms with Crippen molar-refractivity contribution in [3.05, 3.63) is 24.0 Å². The van der Waals surface area contributed by atoms with Crippen LogP contribution >= 0.6 is 0 Å². The largest absolute Gasteiger partial charge is 0.508 e. The van der Waals surface area contributed by atoms with Gasteiger partial charge in [0.2, 0.25) is 11.8 Å². The monoisotopic (exact) mass is 249 g/mol. The van der Waals surface area contributed by atoms with Gasteiger partial charge in [-0.3, -0.25) is 9.59 Å². The van der Waals surface area contributed by atoms with Gasteiger partial charge < -0.3 is 5.11 Å². The summed E-state index contributed by atoms with van der Waals surface area (Å²) in [5, 5.41) is 9.16. The summed E-state index contributed by atoms with van der Waals surface area (Å²) >= 11 is 0. The SMILES string of the molecule is O=C1C2CCC(C2)C(=O)N1c1ccc(O)cc1F. The Labute approximate surface area is 103 Å². The topological polar surface area (TPSA) is 57.6 Å². The van der Waals surface area contributed by atoms with Crippen LogP contribution in [0.4, 0.5) is 10.1 Å². The van der Waals surface area contributed by atoms with E-state index in [9.17, 15) is 14.0 Å². The van der Waals surface area contributed by atoms with Crippen molar-refractivity contribution in [2.24, 2.45) is 11.8 Å². The summed E-state index contributed by atoms with van der Waals surface area (Å²) in [7, 11) is 0. The van der Waals surface area contributed by atoms with Crippen LogP contribution < -0.4 is 4.90 Å². The highest BCUT2D eigenvalue weighted by atomic mass is 19.1. The summed E-state index contributed by atoms with van der Waals surface area (Å²) in [4.78, 5) is 25.2. The van der Waals surface area contributed by atoms with Crippen molar-refractivity contribution in [3.8, 4) is 5.75 Å². The molecule has 2 fully saturated rings. The smallest absolute Gasteiger partial charge is 0.236 e. The molecule has 18 heavy (non-hydrogen) atoms. The lowest BCUT2D eigenvalue weighted by atomic mass is 9.96. The van der Waals surface area contributed by atoms with Crippen LogP contribution in [0.3, 0.4) is 0 Å². The van der Waals surface area contributed by atoms with E-state index in [-0.39, 0.29) is 35.1 Å². The summed E-state index contributed by atoms with van der Waals surface area (Å²) in [5.74, 6) is -1.95. The van der Waals surface area contributed by atoms with Crippen LogP contribution in [0.5, 0.6) is 5.75 Å². The molecule has 1 aliphatic heterocycles. The molecule has 1 aromatic carbocycles. The minimum Gasteiger partial charge on any atom is -0.508 e. The van der Waals surface area contributed by atoms with Gasteiger partial charge in [0.25, 0.3) is 0 Å². The van der Waals surface area contributed by atoms with Crippen LogP contribution in [0.25, 0.3) is 0 Å². The van der Waals surface area contributed by atoms with Gasteiger partial charge in [-0.05, 0) is 31.4 Å². The summed E-state index contributed by atoms with van der Waals surface area (Å²) < 4.78 is 13.8. The minimum atomic E-state index is -0.752. The predicted molar refractivity (Wildman–Crippen MR) is 61.4 cm³/mol. The Balaban J connectivity index is 2.05. The third-order valence-electron chi connectivity index (χ3n) is 3.74. The highest BCUT2D eigenvalue weighted by Crippen LogP contribution is 2.40. The maximum atomic E-state index is 13.8. The number of carbonyl (C=O) groups excluding carboxylic acids is 2. The van der Waals surface area contributed by atoms with Crippen molar-refractivity contribution in [1.82, 2.24) is 0 Å². The number of benzene rings is 1. The van der Waals surface area contributed by atoms with Gasteiger partial charge in [-0.15, -0.1) is 0 Å². The van der Waals surface area contributed by atoms with Crippen LogP contribution in [0.2, 0.25) is 0 Å². The summed E-state index contributed by atoms with van der Waals surface area (Å²) in [6.45, 7) is 0. The average Bonchev–Trinajstić information content (AvgIpc) is 2.76. The van der Waals surface area contributed by atoms with Crippen molar-refractivity contribution in [2.45, 2.75) is 19.3 Å². The Kier molecular flexibility index (Phi) is 2.36. The molecule has 3 rings (SSSR count). The average molecular weight is 249 g/mol. The molecule has 94 valence electrons. The van der Waals surface area contributed by atoms with Crippen LogP contribution in [-0.4, -0.2) is 16.9 Å². The van der Waals surface area contributed by atoms with E-state index in [1.807, 2.05) is 0 Å². The number of nitrogens with zero attached hydrogens (tertiary/aromatic N) is 1. The fourth-order valence-corrected chi connectivity index (χ4v) is 2.82. The van der Waals surface area contributed by atoms with Gasteiger partial charge in [-0.1, -0.05) is 0 Å². The van der Waals surface area contributed by atoms with E-state index < -0.39 is 5.82 Å². The molecule has 1 saturated heterocycles. The van der Waals surface area contributed by atoms with Gasteiger partial charge in [-0.25, -0.2) is 9.29 Å². The summed E-state index contributed by atoms with van der Waals surface area (Å²) in [6.07, 6.45) is 1.99. The van der Waals surface area contributed by atoms with Crippen LogP contribution in [0, 0.1) is 17.7 Å². The highest BCUT2D eigenvalue weighted by molar-refractivity contribution is 6.18. The quantitative estimate of drug-likeness (QED) is 0.772. The van der Waals surface area contributed by atoms with E-state index in [1.54, 1.807) is 0 Å². The molecule has 0 spiro atoms. The first-order valence-electron chi connectivity index (χ1n) is 5.94. The number of imide groups is 1. The predicted octanol–water partition coefficient (Wildman–Crippen LogP) is 1.82. The first-order chi connectivity index (χ1) is 8.58. The lowest BCUT2D eigenvalue weighted by Gasteiger charge is -2.29. The molecule has 0 radical (unpaired) electrons. The van der Waals surface area contributed by atoms with Crippen molar-refractivity contribution in [3.63, 3.8) is 0 Å². The molecule has 2 atom stereocenters. The van der Waals surface area contributed by atoms with Crippen molar-refractivity contribution in [1.29, 1.82) is 0 Å². The maximum Gasteiger partial charge on any atom is 0.236 e. The first-order valence-corrected chi connectivity index (χ1v) is 5.94. The Hall–Kier alpha value is -1.91. The van der Waals surface area contributed by atoms with E-state index in [0.717, 1.165) is 11.0 Å². The van der Waals surface area contributed by atoms with Gasteiger partial charge >= 0.3 is 0 Å². The van der Waals surface area contributed by atoms with E-state index in [4.69, 9.17) is 5.11 Å². The number of aromatic hydroxyl groups is 1. The van der Waals surface area contributed by atoms with Crippen LogP contribution in [0.15, 0.2) is 18.2 Å². The summed E-state index contributed by atoms with van der Waals surface area (Å²) in [6, 6.07) is 3.45. The molecule has 1 N–H and O–H groups in total. The fraction of sp³-hybridized carbons (Fsp3) is 0.385. The van der Waals surface area contributed by atoms with Crippen molar-refractivity contribution < 1.29 is 19.1 Å². The number of phenols is 1. The molecule has 4 nitrogen and oxygen atoms in total. The van der Waals surface area contributed by atoms with E-state index in [2.05, 4.69) is 0 Å². The number of piperidine rings is 1. The van der Waals surface area contributed by atoms with Crippen LogP contribution in [-0.2, 0) is 9.59 Å². The molecule has 2 unspecified atom stereocenters. The highest BCUT2D eigenvalue weighted by Gasteiger charge is 2.46. The molecule has 1 saturated carbocycles. The standard InChI is InChI=1S/C13H12FNO3/c14-10-6-9(16)3-4-11(10)15-12(17)7-1-2-8(5-7)13(15)18/h3-4,6-8,16H,1-2,5H2. The van der Waals surface area contributed by atoms with E-state index in [0.29, 0.717) is 19.3 Å². The molecular weight excluding hydrogens is 237 g/mol. The Morgan fingerprint density at radius 1 is 1.17 bits per heavy atom. The van der Waals surface area contributed by atoms with Gasteiger partial charge in [0.15, 0.2) is 5.82 Å². The van der Waals surface area contributed by atoms with E-state index >= 15 is 0 Å². The Bertz CT molecular complexity index is 521. The second-order valence-electron chi connectivity index (χ2n) is 4.85. The Morgan fingerprint density at radius 3 is 2.33 bits per heavy atom. The van der Waals surface area contributed by atoms with Gasteiger partial charge in [0.1, 0.15) is 5.75 Å². The number of halogens is 1. The molecule has 2 amide bonds. The lowest BCUT2D eigenvalue weighted by molar-refractivity contribution is -0.133. The zero-order valence-corrected chi connectivity index (χ0v) is 9.60. The second kappa shape index (κ2) is 3.80. The maximum absolute atomic E-state index is 13.8. The number of anilines is 1. The van der Waals surface area contributed by atoms with Crippen molar-refractivity contribution in [2.75, 3.05) is 4.90 Å². The number of fused-ring (bicyclic) bond motifs is 2. The normalized spacial score (nSPS) is 26.8. The van der Waals surface area contributed by atoms with Crippen LogP contribution in [0.1, 0.15) is 19.3 Å². The molecule has 5 heteroatoms. The van der Waals surface area contributed by atoms with Gasteiger partial charge in [-0.2, -0.15) is 0 Å². The number of rotatable bonds is 1. The third-order valence-corrected chi connectivity index (χ3v) is 3.74. The minimum absolute atomic E-state index is 0.0561. The molecule has 1 heterocycles. The Morgan fingerprint density at radius 2 is 1.78 bits per heavy atom. The van der Waals surface area contributed by atoms with Crippen molar-refractivity contribution >= 4 is 17.5 Å². The third kappa shape index (κ3) is 1.50. The number of hydrogen-bond donors (Lipinski definition) is 1. The number of phenolic OH excluding ortho intramolecular Hbond substituents is 1. The molecular formula is C13H12FNO3. The molecule has 2 aliphatic rings. The number of hydrogen-bond acceptors (Lipinski definition) is 3. The van der Waals surface area contributed by atoms with Gasteiger partial charge in [0.05, 0.1) is 5.69 Å². The fourth-order valence-electron chi connectivity index (χ4n) is 2.82. The molecule has 2 bridgehead atoms. The lowest BCUT2D eigenvalue weighted by Crippen LogP contribution is -2.46. The van der Waals surface area contributed by atoms with E-state index in [1.165, 1.54) is 12.1 Å². The number of amides is 2. The molecule has 0 aromatic heterocycles.